The molecule has 2 heterocycles. The van der Waals surface area contributed by atoms with Crippen LogP contribution in [0.5, 0.6) is 0 Å². The van der Waals surface area contributed by atoms with Crippen LogP contribution in [0.15, 0.2) is 36.5 Å². The van der Waals surface area contributed by atoms with Gasteiger partial charge in [-0.05, 0) is 57.9 Å². The number of aromatic nitrogens is 1. The van der Waals surface area contributed by atoms with Crippen molar-refractivity contribution in [2.75, 3.05) is 33.7 Å². The average molecular weight is 283 g/mol. The van der Waals surface area contributed by atoms with Crippen molar-refractivity contribution in [1.82, 2.24) is 14.8 Å². The summed E-state index contributed by atoms with van der Waals surface area (Å²) in [5.74, 6) is 0.206. The van der Waals surface area contributed by atoms with Crippen LogP contribution in [-0.4, -0.2) is 60.3 Å². The molecule has 0 aliphatic carbocycles. The van der Waals surface area contributed by atoms with Crippen molar-refractivity contribution in [2.45, 2.75) is 12.5 Å². The van der Waals surface area contributed by atoms with Gasteiger partial charge >= 0.3 is 0 Å². The molecule has 1 fully saturated rings. The normalized spacial score (nSPS) is 21.3. The van der Waals surface area contributed by atoms with Crippen molar-refractivity contribution < 1.29 is 4.79 Å². The van der Waals surface area contributed by atoms with E-state index in [9.17, 15) is 4.79 Å². The minimum Gasteiger partial charge on any atom is -0.304 e. The zero-order chi connectivity index (χ0) is 14.8. The van der Waals surface area contributed by atoms with Gasteiger partial charge in [-0.1, -0.05) is 6.07 Å². The highest BCUT2D eigenvalue weighted by molar-refractivity contribution is 6.02. The summed E-state index contributed by atoms with van der Waals surface area (Å²) in [6, 6.07) is 9.64. The van der Waals surface area contributed by atoms with E-state index in [-0.39, 0.29) is 11.8 Å². The molecule has 1 aliphatic rings. The van der Waals surface area contributed by atoms with E-state index in [0.717, 1.165) is 42.5 Å². The number of pyridine rings is 1. The highest BCUT2D eigenvalue weighted by Crippen LogP contribution is 2.17. The van der Waals surface area contributed by atoms with Crippen molar-refractivity contribution in [2.24, 2.45) is 0 Å². The molecule has 1 saturated heterocycles. The van der Waals surface area contributed by atoms with Crippen LogP contribution in [0.4, 0.5) is 0 Å². The second kappa shape index (κ2) is 5.92. The number of ketones is 1. The predicted molar refractivity (Wildman–Crippen MR) is 84.6 cm³/mol. The van der Waals surface area contributed by atoms with Gasteiger partial charge in [0.2, 0.25) is 0 Å². The lowest BCUT2D eigenvalue weighted by Crippen LogP contribution is -2.43. The second-order valence-electron chi connectivity index (χ2n) is 5.89. The molecular weight excluding hydrogens is 262 g/mol. The number of rotatable bonds is 2. The molecular formula is C17H21N3O. The number of fused-ring (bicyclic) bond motifs is 1. The third-order valence-corrected chi connectivity index (χ3v) is 4.26. The molecule has 4 nitrogen and oxygen atoms in total. The van der Waals surface area contributed by atoms with Crippen molar-refractivity contribution in [3.05, 3.63) is 42.1 Å². The van der Waals surface area contributed by atoms with Crippen molar-refractivity contribution in [3.8, 4) is 0 Å². The van der Waals surface area contributed by atoms with E-state index >= 15 is 0 Å². The van der Waals surface area contributed by atoms with E-state index in [0.29, 0.717) is 0 Å². The number of benzene rings is 1. The number of nitrogens with zero attached hydrogens (tertiary/aromatic N) is 3. The van der Waals surface area contributed by atoms with Gasteiger partial charge in [-0.15, -0.1) is 0 Å². The third kappa shape index (κ3) is 2.96. The lowest BCUT2D eigenvalue weighted by Gasteiger charge is -2.26. The van der Waals surface area contributed by atoms with Gasteiger partial charge in [-0.3, -0.25) is 14.7 Å². The molecule has 1 aromatic heterocycles. The van der Waals surface area contributed by atoms with Crippen LogP contribution >= 0.6 is 0 Å². The van der Waals surface area contributed by atoms with Crippen molar-refractivity contribution in [3.63, 3.8) is 0 Å². The summed E-state index contributed by atoms with van der Waals surface area (Å²) in [5, 5.41) is 1.02. The standard InChI is InChI=1S/C17H21N3O/c1-19-9-4-10-20(2)16(12-19)17(21)14-6-7-15-13(11-14)5-3-8-18-15/h3,5-8,11,16H,4,9-10,12H2,1-2H3. The Labute approximate surface area is 125 Å². The fraction of sp³-hybridized carbons (Fsp3) is 0.412. The van der Waals surface area contributed by atoms with Gasteiger partial charge in [-0.25, -0.2) is 0 Å². The first-order chi connectivity index (χ1) is 10.1. The molecule has 0 spiro atoms. The first-order valence-electron chi connectivity index (χ1n) is 7.43. The Morgan fingerprint density at radius 1 is 1.24 bits per heavy atom. The smallest absolute Gasteiger partial charge is 0.181 e. The minimum atomic E-state index is -0.0633. The number of carbonyl (C=O) groups is 1. The predicted octanol–water partition coefficient (Wildman–Crippen LogP) is 2.05. The Morgan fingerprint density at radius 3 is 2.95 bits per heavy atom. The van der Waals surface area contributed by atoms with E-state index in [1.54, 1.807) is 6.20 Å². The van der Waals surface area contributed by atoms with E-state index in [4.69, 9.17) is 0 Å². The number of Topliss-reactive ketones (excluding diaryl/α,β-unsaturated/α-hetero) is 1. The molecule has 4 heteroatoms. The van der Waals surface area contributed by atoms with E-state index < -0.39 is 0 Å². The van der Waals surface area contributed by atoms with Crippen molar-refractivity contribution >= 4 is 16.7 Å². The summed E-state index contributed by atoms with van der Waals surface area (Å²) in [6.07, 6.45) is 2.89. The number of carbonyl (C=O) groups excluding carboxylic acids is 1. The fourth-order valence-electron chi connectivity index (χ4n) is 2.98. The van der Waals surface area contributed by atoms with Crippen LogP contribution in [-0.2, 0) is 0 Å². The summed E-state index contributed by atoms with van der Waals surface area (Å²) in [7, 11) is 4.13. The zero-order valence-electron chi connectivity index (χ0n) is 12.6. The monoisotopic (exact) mass is 283 g/mol. The van der Waals surface area contributed by atoms with Crippen LogP contribution in [0.2, 0.25) is 0 Å². The van der Waals surface area contributed by atoms with Crippen LogP contribution in [0, 0.1) is 0 Å². The van der Waals surface area contributed by atoms with Crippen LogP contribution in [0.3, 0.4) is 0 Å². The van der Waals surface area contributed by atoms with E-state index in [1.165, 1.54) is 0 Å². The Bertz CT molecular complexity index is 655. The molecule has 1 unspecified atom stereocenters. The molecule has 0 radical (unpaired) electrons. The van der Waals surface area contributed by atoms with E-state index in [2.05, 4.69) is 21.8 Å². The van der Waals surface area contributed by atoms with Gasteiger partial charge in [0, 0.05) is 23.7 Å². The van der Waals surface area contributed by atoms with E-state index in [1.807, 2.05) is 37.4 Å². The van der Waals surface area contributed by atoms with Crippen LogP contribution in [0.25, 0.3) is 10.9 Å². The van der Waals surface area contributed by atoms with Crippen molar-refractivity contribution in [1.29, 1.82) is 0 Å². The van der Waals surface area contributed by atoms with Gasteiger partial charge in [0.1, 0.15) is 0 Å². The number of likely N-dealkylation sites (N-methyl/N-ethyl adjacent to an activating group) is 2. The van der Waals surface area contributed by atoms with Gasteiger partial charge in [0.05, 0.1) is 11.6 Å². The highest BCUT2D eigenvalue weighted by Gasteiger charge is 2.27. The topological polar surface area (TPSA) is 36.4 Å². The molecule has 110 valence electrons. The summed E-state index contributed by atoms with van der Waals surface area (Å²) >= 11 is 0. The molecule has 0 amide bonds. The highest BCUT2D eigenvalue weighted by atomic mass is 16.1. The molecule has 3 rings (SSSR count). The van der Waals surface area contributed by atoms with Gasteiger partial charge < -0.3 is 4.90 Å². The Kier molecular flexibility index (Phi) is 3.99. The van der Waals surface area contributed by atoms with Gasteiger partial charge in [-0.2, -0.15) is 0 Å². The largest absolute Gasteiger partial charge is 0.304 e. The molecule has 1 aromatic carbocycles. The summed E-state index contributed by atoms with van der Waals surface area (Å²) < 4.78 is 0. The molecule has 1 aliphatic heterocycles. The number of hydrogen-bond donors (Lipinski definition) is 0. The van der Waals surface area contributed by atoms with Gasteiger partial charge in [0.25, 0.3) is 0 Å². The molecule has 0 bridgehead atoms. The zero-order valence-corrected chi connectivity index (χ0v) is 12.6. The van der Waals surface area contributed by atoms with Crippen LogP contribution in [0.1, 0.15) is 16.8 Å². The Balaban J connectivity index is 1.91. The minimum absolute atomic E-state index is 0.0633. The quantitative estimate of drug-likeness (QED) is 0.791. The summed E-state index contributed by atoms with van der Waals surface area (Å²) in [6.45, 7) is 2.81. The summed E-state index contributed by atoms with van der Waals surface area (Å²) in [4.78, 5) is 21.6. The maximum atomic E-state index is 12.9. The molecule has 21 heavy (non-hydrogen) atoms. The maximum absolute atomic E-state index is 12.9. The molecule has 0 saturated carbocycles. The van der Waals surface area contributed by atoms with Crippen LogP contribution < -0.4 is 0 Å². The Hall–Kier alpha value is -1.78. The molecule has 0 N–H and O–H groups in total. The van der Waals surface area contributed by atoms with Gasteiger partial charge in [0.15, 0.2) is 5.78 Å². The molecule has 2 aromatic rings. The third-order valence-electron chi connectivity index (χ3n) is 4.26. The Morgan fingerprint density at radius 2 is 2.10 bits per heavy atom. The summed E-state index contributed by atoms with van der Waals surface area (Å²) in [5.41, 5.74) is 1.71. The maximum Gasteiger partial charge on any atom is 0.181 e. The lowest BCUT2D eigenvalue weighted by molar-refractivity contribution is 0.0839. The first-order valence-corrected chi connectivity index (χ1v) is 7.43. The lowest BCUT2D eigenvalue weighted by atomic mass is 10.0. The fourth-order valence-corrected chi connectivity index (χ4v) is 2.98. The average Bonchev–Trinajstić information content (AvgIpc) is 2.67. The second-order valence-corrected chi connectivity index (χ2v) is 5.89. The number of hydrogen-bond acceptors (Lipinski definition) is 4. The SMILES string of the molecule is CN1CCCN(C)C(C(=O)c2ccc3ncccc3c2)C1. The first kappa shape index (κ1) is 14.2. The molecule has 1 atom stereocenters.